The van der Waals surface area contributed by atoms with Gasteiger partial charge in [-0.25, -0.2) is 9.48 Å². The molecule has 0 saturated carbocycles. The molecule has 0 spiro atoms. The number of carbonyl (C=O) groups excluding carboxylic acids is 2. The van der Waals surface area contributed by atoms with Gasteiger partial charge in [-0.2, -0.15) is 5.10 Å². The van der Waals surface area contributed by atoms with Crippen LogP contribution in [0.1, 0.15) is 67.3 Å². The Morgan fingerprint density at radius 1 is 1.06 bits per heavy atom. The molecule has 0 aliphatic heterocycles. The number of hydrogen-bond donors (Lipinski definition) is 1. The summed E-state index contributed by atoms with van der Waals surface area (Å²) >= 11 is 3.46. The van der Waals surface area contributed by atoms with E-state index in [1.807, 2.05) is 36.4 Å². The Bertz CT molecular complexity index is 1090. The zero-order valence-corrected chi connectivity index (χ0v) is 21.6. The quantitative estimate of drug-likeness (QED) is 0.293. The summed E-state index contributed by atoms with van der Waals surface area (Å²) in [5.74, 6) is -0.0477. The van der Waals surface area contributed by atoms with E-state index < -0.39 is 5.97 Å². The second-order valence-corrected chi connectivity index (χ2v) is 9.14. The maximum absolute atomic E-state index is 12.7. The fourth-order valence-corrected chi connectivity index (χ4v) is 4.01. The monoisotopic (exact) mass is 525 g/mol. The zero-order chi connectivity index (χ0) is 24.5. The van der Waals surface area contributed by atoms with Crippen molar-refractivity contribution in [3.63, 3.8) is 0 Å². The van der Waals surface area contributed by atoms with Gasteiger partial charge in [0, 0.05) is 22.1 Å². The predicted molar refractivity (Wildman–Crippen MR) is 138 cm³/mol. The molecule has 180 valence electrons. The number of nitrogens with one attached hydrogen (secondary N) is 1. The van der Waals surface area contributed by atoms with Crippen molar-refractivity contribution >= 4 is 27.8 Å². The van der Waals surface area contributed by atoms with Gasteiger partial charge in [-0.05, 0) is 61.7 Å². The molecule has 1 heterocycles. The molecule has 0 aliphatic carbocycles. The fourth-order valence-electron chi connectivity index (χ4n) is 3.75. The van der Waals surface area contributed by atoms with Crippen molar-refractivity contribution in [2.24, 2.45) is 5.92 Å². The summed E-state index contributed by atoms with van der Waals surface area (Å²) in [5.41, 5.74) is 3.25. The second-order valence-electron chi connectivity index (χ2n) is 8.23. The number of ether oxygens (including phenoxy) is 1. The molecule has 0 fully saturated rings. The average molecular weight is 526 g/mol. The molecular formula is C27H32BrN3O3. The lowest BCUT2D eigenvalue weighted by Gasteiger charge is -2.15. The van der Waals surface area contributed by atoms with Crippen LogP contribution in [-0.4, -0.2) is 34.8 Å². The Hall–Kier alpha value is -2.93. The summed E-state index contributed by atoms with van der Waals surface area (Å²) in [6, 6.07) is 16.8. The normalized spacial score (nSPS) is 11.8. The van der Waals surface area contributed by atoms with Gasteiger partial charge in [0.05, 0.1) is 18.0 Å². The largest absolute Gasteiger partial charge is 0.461 e. The van der Waals surface area contributed by atoms with Gasteiger partial charge in [-0.15, -0.1) is 0 Å². The molecule has 6 nitrogen and oxygen atoms in total. The van der Waals surface area contributed by atoms with E-state index in [-0.39, 0.29) is 18.2 Å². The van der Waals surface area contributed by atoms with E-state index in [1.165, 1.54) is 12.8 Å². The molecule has 1 aromatic heterocycles. The fraction of sp³-hybridized carbons (Fsp3) is 0.370. The Kier molecular flexibility index (Phi) is 9.45. The van der Waals surface area contributed by atoms with Crippen LogP contribution < -0.4 is 5.32 Å². The van der Waals surface area contributed by atoms with Gasteiger partial charge < -0.3 is 10.1 Å². The van der Waals surface area contributed by atoms with Gasteiger partial charge in [0.25, 0.3) is 5.91 Å². The maximum Gasteiger partial charge on any atom is 0.358 e. The number of aromatic nitrogens is 2. The van der Waals surface area contributed by atoms with Crippen molar-refractivity contribution in [2.75, 3.05) is 13.2 Å². The van der Waals surface area contributed by atoms with Crippen molar-refractivity contribution in [3.05, 3.63) is 70.3 Å². The topological polar surface area (TPSA) is 73.2 Å². The van der Waals surface area contributed by atoms with Gasteiger partial charge in [-0.1, -0.05) is 61.2 Å². The smallest absolute Gasteiger partial charge is 0.358 e. The Morgan fingerprint density at radius 2 is 1.76 bits per heavy atom. The highest BCUT2D eigenvalue weighted by molar-refractivity contribution is 9.10. The third-order valence-corrected chi connectivity index (χ3v) is 6.33. The van der Waals surface area contributed by atoms with E-state index in [0.717, 1.165) is 34.3 Å². The average Bonchev–Trinajstić information content (AvgIpc) is 3.30. The molecule has 0 radical (unpaired) electrons. The van der Waals surface area contributed by atoms with Crippen LogP contribution in [0, 0.1) is 5.92 Å². The van der Waals surface area contributed by atoms with Gasteiger partial charge in [0.15, 0.2) is 5.69 Å². The molecule has 3 rings (SSSR count). The number of amides is 1. The Morgan fingerprint density at radius 3 is 2.38 bits per heavy atom. The predicted octanol–water partition coefficient (Wildman–Crippen LogP) is 6.42. The molecule has 0 unspecified atom stereocenters. The first-order chi connectivity index (χ1) is 16.5. The molecule has 1 atom stereocenters. The van der Waals surface area contributed by atoms with Crippen molar-refractivity contribution in [2.45, 2.75) is 46.5 Å². The molecular weight excluding hydrogens is 494 g/mol. The summed E-state index contributed by atoms with van der Waals surface area (Å²) in [4.78, 5) is 25.0. The number of benzene rings is 2. The third kappa shape index (κ3) is 6.56. The number of carbonyl (C=O) groups is 2. The van der Waals surface area contributed by atoms with E-state index >= 15 is 0 Å². The van der Waals surface area contributed by atoms with E-state index in [0.29, 0.717) is 18.0 Å². The van der Waals surface area contributed by atoms with Gasteiger partial charge in [0.1, 0.15) is 0 Å². The first-order valence-electron chi connectivity index (χ1n) is 11.9. The van der Waals surface area contributed by atoms with Gasteiger partial charge in [-0.3, -0.25) is 4.79 Å². The molecule has 0 bridgehead atoms. The highest BCUT2D eigenvalue weighted by Gasteiger charge is 2.18. The van der Waals surface area contributed by atoms with Crippen molar-refractivity contribution < 1.29 is 14.3 Å². The summed E-state index contributed by atoms with van der Waals surface area (Å²) in [6.45, 7) is 7.08. The van der Waals surface area contributed by atoms with Gasteiger partial charge in [0.2, 0.25) is 0 Å². The lowest BCUT2D eigenvalue weighted by atomic mass is 9.99. The number of halogens is 1. The van der Waals surface area contributed by atoms with E-state index in [1.54, 1.807) is 29.8 Å². The van der Waals surface area contributed by atoms with Crippen LogP contribution in [0.15, 0.2) is 59.1 Å². The van der Waals surface area contributed by atoms with E-state index in [2.05, 4.69) is 40.2 Å². The number of hydrogen-bond acceptors (Lipinski definition) is 4. The molecule has 34 heavy (non-hydrogen) atoms. The van der Waals surface area contributed by atoms with E-state index in [4.69, 9.17) is 4.74 Å². The summed E-state index contributed by atoms with van der Waals surface area (Å²) in [6.07, 6.45) is 4.54. The molecule has 1 amide bonds. The first-order valence-corrected chi connectivity index (χ1v) is 12.7. The van der Waals surface area contributed by atoms with Crippen molar-refractivity contribution in [1.29, 1.82) is 0 Å². The van der Waals surface area contributed by atoms with Crippen LogP contribution in [0.2, 0.25) is 0 Å². The van der Waals surface area contributed by atoms with E-state index in [9.17, 15) is 9.59 Å². The molecule has 7 heteroatoms. The highest BCUT2D eigenvalue weighted by Crippen LogP contribution is 2.26. The zero-order valence-electron chi connectivity index (χ0n) is 20.0. The molecule has 1 N–H and O–H groups in total. The Balaban J connectivity index is 1.83. The van der Waals surface area contributed by atoms with Crippen LogP contribution in [0.5, 0.6) is 0 Å². The SMILES string of the molecule is CCCC[C@H](CC)CNC(=O)c1ccc(-n2nc(C(=O)OCC)cc2-c2ccc(Br)cc2)cc1. The number of nitrogens with zero attached hydrogens (tertiary/aromatic N) is 2. The summed E-state index contributed by atoms with van der Waals surface area (Å²) in [7, 11) is 0. The second kappa shape index (κ2) is 12.5. The van der Waals surface area contributed by atoms with Crippen LogP contribution >= 0.6 is 15.9 Å². The number of unbranched alkanes of at least 4 members (excludes halogenated alkanes) is 1. The van der Waals surface area contributed by atoms with Crippen molar-refractivity contribution in [1.82, 2.24) is 15.1 Å². The molecule has 2 aromatic carbocycles. The minimum Gasteiger partial charge on any atom is -0.461 e. The van der Waals surface area contributed by atoms with Crippen LogP contribution in [0.3, 0.4) is 0 Å². The number of rotatable bonds is 11. The highest BCUT2D eigenvalue weighted by atomic mass is 79.9. The molecule has 0 saturated heterocycles. The standard InChI is InChI=1S/C27H32BrN3O3/c1-4-7-8-19(5-2)18-29-26(32)21-11-15-23(16-12-21)31-25(20-9-13-22(28)14-10-20)17-24(30-31)27(33)34-6-3/h9-17,19H,4-8,18H2,1-3H3,(H,29,32)/t19-/m0/s1. The van der Waals surface area contributed by atoms with Crippen LogP contribution in [-0.2, 0) is 4.74 Å². The first kappa shape index (κ1) is 25.7. The van der Waals surface area contributed by atoms with Crippen LogP contribution in [0.25, 0.3) is 16.9 Å². The van der Waals surface area contributed by atoms with Crippen molar-refractivity contribution in [3.8, 4) is 16.9 Å². The van der Waals surface area contributed by atoms with Gasteiger partial charge >= 0.3 is 5.97 Å². The molecule has 3 aromatic rings. The maximum atomic E-state index is 12.7. The number of esters is 1. The molecule has 0 aliphatic rings. The third-order valence-electron chi connectivity index (χ3n) is 5.80. The van der Waals surface area contributed by atoms with Crippen LogP contribution in [0.4, 0.5) is 0 Å². The minimum atomic E-state index is -0.468. The lowest BCUT2D eigenvalue weighted by Crippen LogP contribution is -2.29. The summed E-state index contributed by atoms with van der Waals surface area (Å²) < 4.78 is 7.81. The Labute approximate surface area is 209 Å². The lowest BCUT2D eigenvalue weighted by molar-refractivity contribution is 0.0518. The summed E-state index contributed by atoms with van der Waals surface area (Å²) in [5, 5.41) is 7.57. The minimum absolute atomic E-state index is 0.0812.